The van der Waals surface area contributed by atoms with Crippen LogP contribution in [0.5, 0.6) is 0 Å². The van der Waals surface area contributed by atoms with Crippen LogP contribution in [0.1, 0.15) is 32.6 Å². The van der Waals surface area contributed by atoms with Crippen LogP contribution in [0.3, 0.4) is 0 Å². The molecule has 3 heteroatoms. The average molecular weight is 185 g/mol. The zero-order chi connectivity index (χ0) is 9.68. The molecule has 0 unspecified atom stereocenters. The summed E-state index contributed by atoms with van der Waals surface area (Å²) in [7, 11) is 1.40. The van der Waals surface area contributed by atoms with Gasteiger partial charge in [-0.2, -0.15) is 0 Å². The molecule has 76 valence electrons. The lowest BCUT2D eigenvalue weighted by Crippen LogP contribution is -2.30. The lowest BCUT2D eigenvalue weighted by Gasteiger charge is -2.25. The quantitative estimate of drug-likeness (QED) is 0.716. The number of alkyl carbamates (subject to hydrolysis) is 1. The van der Waals surface area contributed by atoms with Crippen LogP contribution in [0.4, 0.5) is 4.79 Å². The Labute approximate surface area is 79.8 Å². The first-order chi connectivity index (χ1) is 6.22. The van der Waals surface area contributed by atoms with Gasteiger partial charge in [-0.3, -0.25) is 0 Å². The number of methoxy groups -OCH3 is 1. The molecule has 1 fully saturated rings. The van der Waals surface area contributed by atoms with Crippen LogP contribution in [0.2, 0.25) is 0 Å². The van der Waals surface area contributed by atoms with Crippen molar-refractivity contribution in [1.82, 2.24) is 5.32 Å². The summed E-state index contributed by atoms with van der Waals surface area (Å²) in [5.74, 6) is 1.53. The summed E-state index contributed by atoms with van der Waals surface area (Å²) in [6, 6.07) is 0. The van der Waals surface area contributed by atoms with Crippen molar-refractivity contribution in [1.29, 1.82) is 0 Å². The van der Waals surface area contributed by atoms with Gasteiger partial charge in [0.15, 0.2) is 0 Å². The third-order valence-corrected chi connectivity index (χ3v) is 2.86. The van der Waals surface area contributed by atoms with E-state index in [9.17, 15) is 4.79 Å². The van der Waals surface area contributed by atoms with Gasteiger partial charge in [0.25, 0.3) is 0 Å². The van der Waals surface area contributed by atoms with E-state index in [1.807, 2.05) is 0 Å². The highest BCUT2D eigenvalue weighted by Crippen LogP contribution is 2.27. The summed E-state index contributed by atoms with van der Waals surface area (Å²) in [5, 5.41) is 2.76. The molecule has 0 aromatic heterocycles. The maximum absolute atomic E-state index is 10.8. The van der Waals surface area contributed by atoms with Crippen molar-refractivity contribution in [2.45, 2.75) is 32.6 Å². The monoisotopic (exact) mass is 185 g/mol. The van der Waals surface area contributed by atoms with E-state index in [1.54, 1.807) is 0 Å². The van der Waals surface area contributed by atoms with Crippen LogP contribution < -0.4 is 5.32 Å². The number of carbonyl (C=O) groups is 1. The molecular weight excluding hydrogens is 166 g/mol. The van der Waals surface area contributed by atoms with Gasteiger partial charge in [0, 0.05) is 6.54 Å². The molecule has 1 amide bonds. The number of amides is 1. The van der Waals surface area contributed by atoms with Crippen molar-refractivity contribution in [3.63, 3.8) is 0 Å². The van der Waals surface area contributed by atoms with E-state index in [1.165, 1.54) is 32.8 Å². The van der Waals surface area contributed by atoms with Gasteiger partial charge < -0.3 is 10.1 Å². The van der Waals surface area contributed by atoms with Crippen molar-refractivity contribution < 1.29 is 9.53 Å². The molecule has 0 aromatic carbocycles. The number of carbonyl (C=O) groups excluding carboxylic acids is 1. The highest BCUT2D eigenvalue weighted by atomic mass is 16.5. The predicted octanol–water partition coefficient (Wildman–Crippen LogP) is 2.17. The van der Waals surface area contributed by atoms with E-state index >= 15 is 0 Å². The molecule has 0 spiro atoms. The highest BCUT2D eigenvalue weighted by Gasteiger charge is 2.18. The number of rotatable bonds is 2. The Hall–Kier alpha value is -0.730. The second-order valence-corrected chi connectivity index (χ2v) is 4.00. The van der Waals surface area contributed by atoms with Crippen LogP contribution in [0.25, 0.3) is 0 Å². The van der Waals surface area contributed by atoms with Crippen molar-refractivity contribution >= 4 is 6.09 Å². The van der Waals surface area contributed by atoms with Gasteiger partial charge in [0.1, 0.15) is 0 Å². The molecule has 0 heterocycles. The number of hydrogen-bond donors (Lipinski definition) is 1. The summed E-state index contributed by atoms with van der Waals surface area (Å²) in [6.07, 6.45) is 4.77. The van der Waals surface area contributed by atoms with Gasteiger partial charge in [0.05, 0.1) is 7.11 Å². The minimum absolute atomic E-state index is 0.307. The molecule has 1 aliphatic rings. The smallest absolute Gasteiger partial charge is 0.406 e. The molecule has 0 saturated heterocycles. The Kier molecular flexibility index (Phi) is 4.06. The normalized spacial score (nSPS) is 28.2. The summed E-state index contributed by atoms with van der Waals surface area (Å²) in [6.45, 7) is 3.07. The molecule has 3 nitrogen and oxygen atoms in total. The van der Waals surface area contributed by atoms with Gasteiger partial charge in [0.2, 0.25) is 0 Å². The SMILES string of the molecule is COC(=O)NCC1CCC(C)CC1. The maximum atomic E-state index is 10.8. The molecule has 0 radical (unpaired) electrons. The van der Waals surface area contributed by atoms with Crippen molar-refractivity contribution in [3.8, 4) is 0 Å². The fourth-order valence-corrected chi connectivity index (χ4v) is 1.83. The van der Waals surface area contributed by atoms with Gasteiger partial charge in [-0.1, -0.05) is 19.8 Å². The Morgan fingerprint density at radius 2 is 2.00 bits per heavy atom. The minimum Gasteiger partial charge on any atom is -0.453 e. The second-order valence-electron chi connectivity index (χ2n) is 4.00. The first-order valence-electron chi connectivity index (χ1n) is 5.04. The van der Waals surface area contributed by atoms with Crippen molar-refractivity contribution in [2.24, 2.45) is 11.8 Å². The fraction of sp³-hybridized carbons (Fsp3) is 0.900. The van der Waals surface area contributed by atoms with E-state index < -0.39 is 0 Å². The van der Waals surface area contributed by atoms with Gasteiger partial charge >= 0.3 is 6.09 Å². The first-order valence-corrected chi connectivity index (χ1v) is 5.04. The fourth-order valence-electron chi connectivity index (χ4n) is 1.83. The van der Waals surface area contributed by atoms with Crippen LogP contribution in [0.15, 0.2) is 0 Å². The van der Waals surface area contributed by atoms with Crippen LogP contribution in [-0.4, -0.2) is 19.7 Å². The van der Waals surface area contributed by atoms with Gasteiger partial charge in [-0.25, -0.2) is 4.79 Å². The van der Waals surface area contributed by atoms with Gasteiger partial charge in [-0.15, -0.1) is 0 Å². The maximum Gasteiger partial charge on any atom is 0.406 e. The zero-order valence-corrected chi connectivity index (χ0v) is 8.51. The molecular formula is C10H19NO2. The van der Waals surface area contributed by atoms with E-state index in [0.29, 0.717) is 5.92 Å². The standard InChI is InChI=1S/C10H19NO2/c1-8-3-5-9(6-4-8)7-11-10(12)13-2/h8-9H,3-7H2,1-2H3,(H,11,12). The lowest BCUT2D eigenvalue weighted by molar-refractivity contribution is 0.166. The molecule has 0 atom stereocenters. The highest BCUT2D eigenvalue weighted by molar-refractivity contribution is 5.66. The molecule has 1 saturated carbocycles. The van der Waals surface area contributed by atoms with E-state index in [0.717, 1.165) is 12.5 Å². The summed E-state index contributed by atoms with van der Waals surface area (Å²) >= 11 is 0. The summed E-state index contributed by atoms with van der Waals surface area (Å²) < 4.78 is 4.51. The minimum atomic E-state index is -0.307. The third-order valence-electron chi connectivity index (χ3n) is 2.86. The number of hydrogen-bond acceptors (Lipinski definition) is 2. The molecule has 1 N–H and O–H groups in total. The predicted molar refractivity (Wildman–Crippen MR) is 51.5 cm³/mol. The summed E-state index contributed by atoms with van der Waals surface area (Å²) in [4.78, 5) is 10.8. The van der Waals surface area contributed by atoms with Crippen molar-refractivity contribution in [3.05, 3.63) is 0 Å². The molecule has 0 bridgehead atoms. The Balaban J connectivity index is 2.12. The van der Waals surface area contributed by atoms with Crippen LogP contribution in [-0.2, 0) is 4.74 Å². The topological polar surface area (TPSA) is 38.3 Å². The van der Waals surface area contributed by atoms with E-state index in [2.05, 4.69) is 17.0 Å². The number of nitrogens with one attached hydrogen (secondary N) is 1. The zero-order valence-electron chi connectivity index (χ0n) is 8.51. The number of ether oxygens (including phenoxy) is 1. The Morgan fingerprint density at radius 3 is 2.54 bits per heavy atom. The third kappa shape index (κ3) is 3.66. The van der Waals surface area contributed by atoms with Crippen molar-refractivity contribution in [2.75, 3.05) is 13.7 Å². The Bertz CT molecular complexity index is 162. The molecule has 13 heavy (non-hydrogen) atoms. The molecule has 0 aromatic rings. The Morgan fingerprint density at radius 1 is 1.38 bits per heavy atom. The molecule has 1 rings (SSSR count). The van der Waals surface area contributed by atoms with Gasteiger partial charge in [-0.05, 0) is 24.7 Å². The average Bonchev–Trinajstić information content (AvgIpc) is 2.16. The molecule has 1 aliphatic carbocycles. The molecule has 0 aliphatic heterocycles. The lowest BCUT2D eigenvalue weighted by atomic mass is 9.83. The van der Waals surface area contributed by atoms with Crippen LogP contribution in [0, 0.1) is 11.8 Å². The largest absolute Gasteiger partial charge is 0.453 e. The van der Waals surface area contributed by atoms with Crippen LogP contribution >= 0.6 is 0 Å². The van der Waals surface area contributed by atoms with E-state index in [4.69, 9.17) is 0 Å². The second kappa shape index (κ2) is 5.10. The van der Waals surface area contributed by atoms with E-state index in [-0.39, 0.29) is 6.09 Å². The summed E-state index contributed by atoms with van der Waals surface area (Å²) in [5.41, 5.74) is 0. The first kappa shape index (κ1) is 10.4.